The molecule has 3 heteroatoms. The van der Waals surface area contributed by atoms with Gasteiger partial charge in [0.05, 0.1) is 6.61 Å². The number of rotatable bonds is 3. The van der Waals surface area contributed by atoms with E-state index in [0.717, 1.165) is 4.90 Å². The van der Waals surface area contributed by atoms with E-state index in [-0.39, 0.29) is 5.78 Å². The maximum absolute atomic E-state index is 11.0. The third-order valence-corrected chi connectivity index (χ3v) is 2.04. The van der Waals surface area contributed by atoms with Crippen LogP contribution in [0, 0.1) is 0 Å². The van der Waals surface area contributed by atoms with E-state index in [4.69, 9.17) is 4.74 Å². The lowest BCUT2D eigenvalue weighted by atomic mass is 10.1. The lowest BCUT2D eigenvalue weighted by Crippen LogP contribution is -1.96. The van der Waals surface area contributed by atoms with E-state index in [9.17, 15) is 4.79 Å². The van der Waals surface area contributed by atoms with Crippen LogP contribution in [0.25, 0.3) is 0 Å². The van der Waals surface area contributed by atoms with Gasteiger partial charge in [0.25, 0.3) is 0 Å². The van der Waals surface area contributed by atoms with E-state index in [1.165, 1.54) is 6.92 Å². The number of thiol groups is 1. The summed E-state index contributed by atoms with van der Waals surface area (Å²) in [5, 5.41) is 0. The zero-order chi connectivity index (χ0) is 9.84. The predicted octanol–water partition coefficient (Wildman–Crippen LogP) is 2.58. The number of ether oxygens (including phenoxy) is 1. The van der Waals surface area contributed by atoms with Crippen molar-refractivity contribution in [3.05, 3.63) is 23.8 Å². The Morgan fingerprint density at radius 3 is 2.77 bits per heavy atom. The maximum atomic E-state index is 11.0. The van der Waals surface area contributed by atoms with Gasteiger partial charge in [-0.05, 0) is 26.0 Å². The van der Waals surface area contributed by atoms with Crippen molar-refractivity contribution >= 4 is 18.4 Å². The van der Waals surface area contributed by atoms with Crippen molar-refractivity contribution < 1.29 is 9.53 Å². The topological polar surface area (TPSA) is 26.3 Å². The molecule has 0 atom stereocenters. The number of benzene rings is 1. The summed E-state index contributed by atoms with van der Waals surface area (Å²) in [6, 6.07) is 5.23. The Kier molecular flexibility index (Phi) is 3.37. The monoisotopic (exact) mass is 196 g/mol. The highest BCUT2D eigenvalue weighted by Gasteiger charge is 2.04. The molecule has 0 saturated carbocycles. The van der Waals surface area contributed by atoms with Crippen LogP contribution in [0.4, 0.5) is 0 Å². The molecule has 2 nitrogen and oxygen atoms in total. The summed E-state index contributed by atoms with van der Waals surface area (Å²) in [6.07, 6.45) is 0. The van der Waals surface area contributed by atoms with Gasteiger partial charge in [-0.2, -0.15) is 0 Å². The fourth-order valence-electron chi connectivity index (χ4n) is 1.00. The van der Waals surface area contributed by atoms with Gasteiger partial charge in [-0.3, -0.25) is 4.79 Å². The van der Waals surface area contributed by atoms with Crippen molar-refractivity contribution in [2.45, 2.75) is 18.7 Å². The molecule has 1 rings (SSSR count). The van der Waals surface area contributed by atoms with Crippen molar-refractivity contribution in [1.82, 2.24) is 0 Å². The Bertz CT molecular complexity index is 321. The fraction of sp³-hybridized carbons (Fsp3) is 0.300. The average molecular weight is 196 g/mol. The second-order valence-corrected chi connectivity index (χ2v) is 3.15. The molecule has 0 saturated heterocycles. The third-order valence-electron chi connectivity index (χ3n) is 1.67. The molecule has 0 spiro atoms. The van der Waals surface area contributed by atoms with E-state index >= 15 is 0 Å². The van der Waals surface area contributed by atoms with E-state index in [1.54, 1.807) is 18.2 Å². The molecule has 0 radical (unpaired) electrons. The van der Waals surface area contributed by atoms with Crippen LogP contribution in [0.3, 0.4) is 0 Å². The zero-order valence-electron chi connectivity index (χ0n) is 7.70. The Hall–Kier alpha value is -0.960. The molecule has 0 bridgehead atoms. The second-order valence-electron chi connectivity index (χ2n) is 2.67. The first-order valence-corrected chi connectivity index (χ1v) is 4.56. The van der Waals surface area contributed by atoms with Gasteiger partial charge in [-0.15, -0.1) is 12.6 Å². The van der Waals surface area contributed by atoms with Crippen molar-refractivity contribution in [2.75, 3.05) is 6.61 Å². The van der Waals surface area contributed by atoms with Crippen LogP contribution < -0.4 is 4.74 Å². The lowest BCUT2D eigenvalue weighted by Gasteiger charge is -2.06. The van der Waals surface area contributed by atoms with Gasteiger partial charge in [0.15, 0.2) is 5.78 Å². The van der Waals surface area contributed by atoms with Gasteiger partial charge in [0, 0.05) is 10.5 Å². The fourth-order valence-corrected chi connectivity index (χ4v) is 1.21. The minimum absolute atomic E-state index is 0.0364. The van der Waals surface area contributed by atoms with Crippen LogP contribution in [-0.4, -0.2) is 12.4 Å². The minimum atomic E-state index is 0.0364. The number of hydrogen-bond acceptors (Lipinski definition) is 3. The van der Waals surface area contributed by atoms with Crippen LogP contribution in [0.5, 0.6) is 5.75 Å². The van der Waals surface area contributed by atoms with Gasteiger partial charge in [-0.1, -0.05) is 6.07 Å². The van der Waals surface area contributed by atoms with Crippen molar-refractivity contribution in [3.8, 4) is 5.75 Å². The number of Topliss-reactive ketones (excluding diaryl/α,β-unsaturated/α-hetero) is 1. The first-order valence-electron chi connectivity index (χ1n) is 4.12. The highest BCUT2D eigenvalue weighted by atomic mass is 32.1. The summed E-state index contributed by atoms with van der Waals surface area (Å²) in [5.74, 6) is 0.702. The predicted molar refractivity (Wildman–Crippen MR) is 54.9 cm³/mol. The molecule has 0 aliphatic heterocycles. The number of hydrogen-bond donors (Lipinski definition) is 1. The first kappa shape index (κ1) is 10.1. The Labute approximate surface area is 83.3 Å². The Balaban J connectivity index is 3.03. The molecule has 70 valence electrons. The molecule has 0 fully saturated rings. The van der Waals surface area contributed by atoms with Crippen molar-refractivity contribution in [3.63, 3.8) is 0 Å². The smallest absolute Gasteiger partial charge is 0.159 e. The SMILES string of the molecule is CCOc1cc(C(C)=O)ccc1S. The quantitative estimate of drug-likeness (QED) is 0.594. The number of carbonyl (C=O) groups is 1. The summed E-state index contributed by atoms with van der Waals surface area (Å²) >= 11 is 4.21. The van der Waals surface area contributed by atoms with E-state index in [2.05, 4.69) is 12.6 Å². The van der Waals surface area contributed by atoms with Gasteiger partial charge in [0.2, 0.25) is 0 Å². The molecular weight excluding hydrogens is 184 g/mol. The van der Waals surface area contributed by atoms with Crippen LogP contribution >= 0.6 is 12.6 Å². The third kappa shape index (κ3) is 2.49. The minimum Gasteiger partial charge on any atom is -0.493 e. The molecule has 0 N–H and O–H groups in total. The highest BCUT2D eigenvalue weighted by Crippen LogP contribution is 2.23. The van der Waals surface area contributed by atoms with Gasteiger partial charge >= 0.3 is 0 Å². The Morgan fingerprint density at radius 2 is 2.23 bits per heavy atom. The molecular formula is C10H12O2S. The summed E-state index contributed by atoms with van der Waals surface area (Å²) in [4.78, 5) is 11.8. The van der Waals surface area contributed by atoms with E-state index in [1.807, 2.05) is 6.92 Å². The molecule has 0 unspecified atom stereocenters. The molecule has 0 amide bonds. The van der Waals surface area contributed by atoms with Crippen LogP contribution in [-0.2, 0) is 0 Å². The summed E-state index contributed by atoms with van der Waals surface area (Å²) in [6.45, 7) is 4.01. The standard InChI is InChI=1S/C10H12O2S/c1-3-12-9-6-8(7(2)11)4-5-10(9)13/h4-6,13H,3H2,1-2H3. The largest absolute Gasteiger partial charge is 0.493 e. The number of ketones is 1. The molecule has 1 aromatic carbocycles. The molecule has 1 aromatic rings. The molecule has 0 aliphatic rings. The van der Waals surface area contributed by atoms with Crippen molar-refractivity contribution in [2.24, 2.45) is 0 Å². The van der Waals surface area contributed by atoms with Crippen molar-refractivity contribution in [1.29, 1.82) is 0 Å². The number of carbonyl (C=O) groups excluding carboxylic acids is 1. The van der Waals surface area contributed by atoms with Gasteiger partial charge < -0.3 is 4.74 Å². The van der Waals surface area contributed by atoms with Crippen LogP contribution in [0.2, 0.25) is 0 Å². The zero-order valence-corrected chi connectivity index (χ0v) is 8.60. The lowest BCUT2D eigenvalue weighted by molar-refractivity contribution is 0.101. The van der Waals surface area contributed by atoms with Crippen LogP contribution in [0.15, 0.2) is 23.1 Å². The molecule has 13 heavy (non-hydrogen) atoms. The summed E-state index contributed by atoms with van der Waals surface area (Å²) in [5.41, 5.74) is 0.654. The summed E-state index contributed by atoms with van der Waals surface area (Å²) < 4.78 is 5.30. The second kappa shape index (κ2) is 4.33. The highest BCUT2D eigenvalue weighted by molar-refractivity contribution is 7.80. The molecule has 0 heterocycles. The first-order chi connectivity index (χ1) is 6.15. The van der Waals surface area contributed by atoms with Gasteiger partial charge in [0.1, 0.15) is 5.75 Å². The van der Waals surface area contributed by atoms with Crippen LogP contribution in [0.1, 0.15) is 24.2 Å². The van der Waals surface area contributed by atoms with E-state index < -0.39 is 0 Å². The Morgan fingerprint density at radius 1 is 1.54 bits per heavy atom. The van der Waals surface area contributed by atoms with Gasteiger partial charge in [-0.25, -0.2) is 0 Å². The molecule has 0 aliphatic carbocycles. The molecule has 0 aromatic heterocycles. The van der Waals surface area contributed by atoms with E-state index in [0.29, 0.717) is 17.9 Å². The average Bonchev–Trinajstić information content (AvgIpc) is 2.08. The normalized spacial score (nSPS) is 9.77. The summed E-state index contributed by atoms with van der Waals surface area (Å²) in [7, 11) is 0. The maximum Gasteiger partial charge on any atom is 0.159 e.